The smallest absolute Gasteiger partial charge is 0.295 e. The van der Waals surface area contributed by atoms with Gasteiger partial charge in [-0.25, -0.2) is 0 Å². The number of nitrogens with zero attached hydrogens (tertiary/aromatic N) is 2. The molecule has 0 spiro atoms. The summed E-state index contributed by atoms with van der Waals surface area (Å²) in [4.78, 5) is 32.0. The summed E-state index contributed by atoms with van der Waals surface area (Å²) >= 11 is 0. The number of aliphatic hydroxyl groups is 1. The maximum atomic E-state index is 13.2. The largest absolute Gasteiger partial charge is 0.507 e. The molecule has 0 aliphatic carbocycles. The van der Waals surface area contributed by atoms with E-state index in [0.29, 0.717) is 17.0 Å². The zero-order chi connectivity index (χ0) is 24.3. The minimum Gasteiger partial charge on any atom is -0.507 e. The second-order valence-corrected chi connectivity index (χ2v) is 9.33. The van der Waals surface area contributed by atoms with Crippen LogP contribution >= 0.6 is 0 Å². The Balaban J connectivity index is 2.18. The zero-order valence-corrected chi connectivity index (χ0v) is 20.1. The number of benzene rings is 1. The average molecular weight is 453 g/mol. The molecule has 1 aliphatic heterocycles. The molecule has 1 amide bonds. The van der Waals surface area contributed by atoms with Gasteiger partial charge in [0.2, 0.25) is 0 Å². The Labute approximate surface area is 195 Å². The molecule has 2 aromatic rings. The molecule has 2 heterocycles. The van der Waals surface area contributed by atoms with Crippen LogP contribution in [0.25, 0.3) is 5.76 Å². The molecule has 1 aromatic heterocycles. The van der Waals surface area contributed by atoms with E-state index in [2.05, 4.69) is 25.8 Å². The van der Waals surface area contributed by atoms with Crippen LogP contribution in [0.1, 0.15) is 57.5 Å². The van der Waals surface area contributed by atoms with E-state index in [0.717, 1.165) is 5.56 Å². The summed E-state index contributed by atoms with van der Waals surface area (Å²) in [5.74, 6) is -1.31. The number of Topliss-reactive ketones (excluding diaryl/α,β-unsaturated/α-hetero) is 1. The molecule has 7 heteroatoms. The highest BCUT2D eigenvalue weighted by Crippen LogP contribution is 2.41. The van der Waals surface area contributed by atoms with E-state index >= 15 is 0 Å². The van der Waals surface area contributed by atoms with E-state index in [1.165, 1.54) is 12.0 Å². The van der Waals surface area contributed by atoms with Crippen LogP contribution in [0, 0.1) is 0 Å². The van der Waals surface area contributed by atoms with E-state index in [4.69, 9.17) is 9.47 Å². The topological polar surface area (TPSA) is 89.0 Å². The van der Waals surface area contributed by atoms with Gasteiger partial charge in [-0.05, 0) is 49.1 Å². The number of carbonyl (C=O) groups excluding carboxylic acids is 2. The number of aromatic nitrogens is 1. The number of aliphatic hydroxyl groups excluding tert-OH is 1. The number of amides is 1. The fourth-order valence-corrected chi connectivity index (χ4v) is 3.85. The SMILES string of the molecule is COc1ccc(C(C)(C)C)cc1/C(O)=C1\C(=O)C(=O)N(CCOC(C)C)C1c1ccccn1. The van der Waals surface area contributed by atoms with Crippen LogP contribution in [0.5, 0.6) is 5.75 Å². The monoisotopic (exact) mass is 452 g/mol. The van der Waals surface area contributed by atoms with Crippen molar-refractivity contribution in [1.29, 1.82) is 0 Å². The van der Waals surface area contributed by atoms with Crippen molar-refractivity contribution in [3.05, 3.63) is 65.0 Å². The number of carbonyl (C=O) groups is 2. The average Bonchev–Trinajstić information content (AvgIpc) is 3.03. The number of likely N-dealkylation sites (tertiary alicyclic amines) is 1. The lowest BCUT2D eigenvalue weighted by atomic mass is 9.85. The predicted molar refractivity (Wildman–Crippen MR) is 126 cm³/mol. The first-order valence-corrected chi connectivity index (χ1v) is 11.1. The first-order valence-electron chi connectivity index (χ1n) is 11.1. The minimum atomic E-state index is -0.829. The molecular weight excluding hydrogens is 420 g/mol. The Hall–Kier alpha value is -3.19. The standard InChI is InChI=1S/C26H32N2O5/c1-16(2)33-14-13-28-22(19-9-7-8-12-27-19)21(24(30)25(28)31)23(29)18-15-17(26(3,4)5)10-11-20(18)32-6/h7-12,15-16,22,29H,13-14H2,1-6H3/b23-21+. The lowest BCUT2D eigenvalue weighted by Gasteiger charge is -2.25. The Morgan fingerprint density at radius 2 is 1.91 bits per heavy atom. The molecule has 1 aliphatic rings. The third-order valence-electron chi connectivity index (χ3n) is 5.61. The molecule has 1 N–H and O–H groups in total. The van der Waals surface area contributed by atoms with Crippen LogP contribution in [-0.2, 0) is 19.7 Å². The van der Waals surface area contributed by atoms with Crippen molar-refractivity contribution in [3.8, 4) is 5.75 Å². The molecule has 176 valence electrons. The second-order valence-electron chi connectivity index (χ2n) is 9.33. The second kappa shape index (κ2) is 9.75. The Morgan fingerprint density at radius 1 is 1.18 bits per heavy atom. The summed E-state index contributed by atoms with van der Waals surface area (Å²) < 4.78 is 11.1. The third kappa shape index (κ3) is 5.09. The lowest BCUT2D eigenvalue weighted by molar-refractivity contribution is -0.140. The van der Waals surface area contributed by atoms with E-state index < -0.39 is 17.7 Å². The van der Waals surface area contributed by atoms with E-state index in [1.54, 1.807) is 36.5 Å². The van der Waals surface area contributed by atoms with Gasteiger partial charge < -0.3 is 19.5 Å². The quantitative estimate of drug-likeness (QED) is 0.384. The van der Waals surface area contributed by atoms with Gasteiger partial charge in [-0.2, -0.15) is 0 Å². The molecule has 0 bridgehead atoms. The summed E-state index contributed by atoms with van der Waals surface area (Å²) in [6.07, 6.45) is 1.58. The van der Waals surface area contributed by atoms with Crippen molar-refractivity contribution in [2.45, 2.75) is 52.2 Å². The van der Waals surface area contributed by atoms with Crippen LogP contribution in [0.3, 0.4) is 0 Å². The summed E-state index contributed by atoms with van der Waals surface area (Å²) in [5.41, 5.74) is 1.62. The maximum Gasteiger partial charge on any atom is 0.295 e. The van der Waals surface area contributed by atoms with Crippen LogP contribution in [0.15, 0.2) is 48.2 Å². The number of hydrogen-bond acceptors (Lipinski definition) is 6. The van der Waals surface area contributed by atoms with E-state index in [-0.39, 0.29) is 36.0 Å². The summed E-state index contributed by atoms with van der Waals surface area (Å²) in [5, 5.41) is 11.4. The minimum absolute atomic E-state index is 0.00685. The van der Waals surface area contributed by atoms with Crippen molar-refractivity contribution in [3.63, 3.8) is 0 Å². The van der Waals surface area contributed by atoms with E-state index in [9.17, 15) is 14.7 Å². The summed E-state index contributed by atoms with van der Waals surface area (Å²) in [6.45, 7) is 10.4. The van der Waals surface area contributed by atoms with E-state index in [1.807, 2.05) is 19.9 Å². The molecule has 0 saturated carbocycles. The van der Waals surface area contributed by atoms with Gasteiger partial charge in [0.1, 0.15) is 17.6 Å². The molecule has 1 aromatic carbocycles. The van der Waals surface area contributed by atoms with Crippen molar-refractivity contribution in [2.75, 3.05) is 20.3 Å². The summed E-state index contributed by atoms with van der Waals surface area (Å²) in [7, 11) is 1.50. The normalized spacial score (nSPS) is 18.3. The molecule has 1 fully saturated rings. The number of rotatable bonds is 7. The van der Waals surface area contributed by atoms with Crippen molar-refractivity contribution >= 4 is 17.4 Å². The van der Waals surface area contributed by atoms with Gasteiger partial charge >= 0.3 is 0 Å². The van der Waals surface area contributed by atoms with Crippen LogP contribution < -0.4 is 4.74 Å². The number of pyridine rings is 1. The number of hydrogen-bond donors (Lipinski definition) is 1. The summed E-state index contributed by atoms with van der Waals surface area (Å²) in [6, 6.07) is 9.94. The Kier molecular flexibility index (Phi) is 7.22. The molecule has 3 rings (SSSR count). The van der Waals surface area contributed by atoms with Gasteiger partial charge in [-0.1, -0.05) is 32.9 Å². The number of ether oxygens (including phenoxy) is 2. The zero-order valence-electron chi connectivity index (χ0n) is 20.1. The molecule has 7 nitrogen and oxygen atoms in total. The van der Waals surface area contributed by atoms with Crippen LogP contribution in [0.2, 0.25) is 0 Å². The van der Waals surface area contributed by atoms with Gasteiger partial charge in [0.25, 0.3) is 11.7 Å². The van der Waals surface area contributed by atoms with Gasteiger partial charge in [0, 0.05) is 12.7 Å². The first-order chi connectivity index (χ1) is 15.6. The molecule has 33 heavy (non-hydrogen) atoms. The molecular formula is C26H32N2O5. The van der Waals surface area contributed by atoms with Gasteiger partial charge in [-0.15, -0.1) is 0 Å². The van der Waals surface area contributed by atoms with Crippen LogP contribution in [0.4, 0.5) is 0 Å². The van der Waals surface area contributed by atoms with Crippen molar-refractivity contribution in [2.24, 2.45) is 0 Å². The maximum absolute atomic E-state index is 13.2. The molecule has 1 unspecified atom stereocenters. The Bertz CT molecular complexity index is 1050. The Morgan fingerprint density at radius 3 is 2.48 bits per heavy atom. The highest BCUT2D eigenvalue weighted by molar-refractivity contribution is 6.46. The van der Waals surface area contributed by atoms with Crippen molar-refractivity contribution in [1.82, 2.24) is 9.88 Å². The third-order valence-corrected chi connectivity index (χ3v) is 5.61. The van der Waals surface area contributed by atoms with Gasteiger partial charge in [0.05, 0.1) is 36.7 Å². The highest BCUT2D eigenvalue weighted by Gasteiger charge is 2.46. The predicted octanol–water partition coefficient (Wildman–Crippen LogP) is 4.23. The fourth-order valence-electron chi connectivity index (χ4n) is 3.85. The van der Waals surface area contributed by atoms with Crippen LogP contribution in [-0.4, -0.2) is 53.0 Å². The molecule has 1 atom stereocenters. The highest BCUT2D eigenvalue weighted by atomic mass is 16.5. The fraction of sp³-hybridized carbons (Fsp3) is 0.423. The van der Waals surface area contributed by atoms with Crippen molar-refractivity contribution < 1.29 is 24.2 Å². The molecule has 1 saturated heterocycles. The van der Waals surface area contributed by atoms with Gasteiger partial charge in [0.15, 0.2) is 0 Å². The van der Waals surface area contributed by atoms with Gasteiger partial charge in [-0.3, -0.25) is 14.6 Å². The lowest BCUT2D eigenvalue weighted by Crippen LogP contribution is -2.33. The first kappa shape index (κ1) is 24.5. The number of ketones is 1. The molecule has 0 radical (unpaired) electrons. The number of methoxy groups -OCH3 is 1.